The topological polar surface area (TPSA) is 45.2 Å². The summed E-state index contributed by atoms with van der Waals surface area (Å²) in [6.07, 6.45) is 1.81. The number of pyridine rings is 1. The zero-order chi connectivity index (χ0) is 17.9. The molecule has 0 fully saturated rings. The number of nitrogens with one attached hydrogen (secondary N) is 1. The lowest BCUT2D eigenvalue weighted by molar-refractivity contribution is -0.117. The summed E-state index contributed by atoms with van der Waals surface area (Å²) in [5.74, 6) is 0.778. The lowest BCUT2D eigenvalue weighted by atomic mass is 10.00. The van der Waals surface area contributed by atoms with E-state index in [2.05, 4.69) is 21.3 Å². The molecule has 1 aliphatic heterocycles. The van der Waals surface area contributed by atoms with Crippen molar-refractivity contribution in [2.45, 2.75) is 25.9 Å². The molecule has 130 valence electrons. The summed E-state index contributed by atoms with van der Waals surface area (Å²) in [6, 6.07) is 21.9. The Morgan fingerprint density at radius 2 is 1.81 bits per heavy atom. The molecule has 1 atom stereocenters. The van der Waals surface area contributed by atoms with Crippen LogP contribution < -0.4 is 10.2 Å². The fourth-order valence-corrected chi connectivity index (χ4v) is 3.38. The van der Waals surface area contributed by atoms with Gasteiger partial charge in [-0.05, 0) is 41.8 Å². The molecule has 26 heavy (non-hydrogen) atoms. The van der Waals surface area contributed by atoms with E-state index >= 15 is 0 Å². The van der Waals surface area contributed by atoms with Crippen LogP contribution in [0.4, 0.5) is 11.5 Å². The molecule has 1 aromatic heterocycles. The number of carbonyl (C=O) groups excluding carboxylic acids is 1. The second kappa shape index (κ2) is 7.00. The highest BCUT2D eigenvalue weighted by molar-refractivity contribution is 5.96. The van der Waals surface area contributed by atoms with Gasteiger partial charge in [0.25, 0.3) is 0 Å². The molecule has 1 amide bonds. The number of amides is 1. The van der Waals surface area contributed by atoms with Crippen molar-refractivity contribution in [3.05, 3.63) is 89.6 Å². The molecule has 3 aromatic rings. The number of fused-ring (bicyclic) bond motifs is 1. The number of anilines is 2. The van der Waals surface area contributed by atoms with E-state index < -0.39 is 0 Å². The Bertz CT molecular complexity index is 909. The van der Waals surface area contributed by atoms with Gasteiger partial charge in [0.1, 0.15) is 5.82 Å². The highest BCUT2D eigenvalue weighted by atomic mass is 16.1. The number of nitrogens with zero attached hydrogens (tertiary/aromatic N) is 2. The molecule has 4 heteroatoms. The van der Waals surface area contributed by atoms with E-state index in [1.165, 1.54) is 11.1 Å². The van der Waals surface area contributed by atoms with E-state index in [9.17, 15) is 4.79 Å². The van der Waals surface area contributed by atoms with Gasteiger partial charge in [0, 0.05) is 25.0 Å². The average molecular weight is 343 g/mol. The van der Waals surface area contributed by atoms with Crippen LogP contribution in [-0.4, -0.2) is 10.9 Å². The third kappa shape index (κ3) is 3.18. The SMILES string of the molecule is C[C@@H](C(=O)Nc1cccc2c1CN(c1ccccn1)C2)c1ccccc1. The summed E-state index contributed by atoms with van der Waals surface area (Å²) in [6.45, 7) is 3.50. The molecular formula is C22H21N3O. The third-order valence-corrected chi connectivity index (χ3v) is 4.91. The Morgan fingerprint density at radius 3 is 2.58 bits per heavy atom. The number of benzene rings is 2. The molecule has 1 N–H and O–H groups in total. The molecule has 0 bridgehead atoms. The summed E-state index contributed by atoms with van der Waals surface area (Å²) < 4.78 is 0. The van der Waals surface area contributed by atoms with Crippen LogP contribution in [0.3, 0.4) is 0 Å². The van der Waals surface area contributed by atoms with Crippen LogP contribution in [0.5, 0.6) is 0 Å². The summed E-state index contributed by atoms with van der Waals surface area (Å²) in [5, 5.41) is 3.13. The van der Waals surface area contributed by atoms with E-state index in [1.54, 1.807) is 0 Å². The fourth-order valence-electron chi connectivity index (χ4n) is 3.38. The van der Waals surface area contributed by atoms with Crippen LogP contribution in [-0.2, 0) is 17.9 Å². The molecule has 0 aliphatic carbocycles. The van der Waals surface area contributed by atoms with Gasteiger partial charge in [-0.2, -0.15) is 0 Å². The predicted molar refractivity (Wildman–Crippen MR) is 104 cm³/mol. The van der Waals surface area contributed by atoms with Gasteiger partial charge in [0.05, 0.1) is 5.92 Å². The Labute approximate surface area is 153 Å². The minimum absolute atomic E-state index is 0.0147. The molecule has 4 nitrogen and oxygen atoms in total. The first-order chi connectivity index (χ1) is 12.7. The molecule has 2 heterocycles. The lowest BCUT2D eigenvalue weighted by Gasteiger charge is -2.17. The van der Waals surface area contributed by atoms with Crippen molar-refractivity contribution in [2.75, 3.05) is 10.2 Å². The van der Waals surface area contributed by atoms with E-state index in [-0.39, 0.29) is 11.8 Å². The minimum atomic E-state index is -0.194. The van der Waals surface area contributed by atoms with Gasteiger partial charge in [-0.3, -0.25) is 4.79 Å². The third-order valence-electron chi connectivity index (χ3n) is 4.91. The smallest absolute Gasteiger partial charge is 0.231 e. The van der Waals surface area contributed by atoms with Gasteiger partial charge in [-0.1, -0.05) is 48.5 Å². The molecule has 1 aliphatic rings. The van der Waals surface area contributed by atoms with Gasteiger partial charge in [-0.15, -0.1) is 0 Å². The van der Waals surface area contributed by atoms with Crippen LogP contribution in [0.15, 0.2) is 72.9 Å². The zero-order valence-electron chi connectivity index (χ0n) is 14.7. The van der Waals surface area contributed by atoms with E-state index in [0.717, 1.165) is 30.2 Å². The summed E-state index contributed by atoms with van der Waals surface area (Å²) in [7, 11) is 0. The standard InChI is InChI=1S/C22H21N3O/c1-16(17-8-3-2-4-9-17)22(26)24-20-11-7-10-18-14-25(15-19(18)20)21-12-5-6-13-23-21/h2-13,16H,14-15H2,1H3,(H,24,26)/t16-/m1/s1. The van der Waals surface area contributed by atoms with Crippen molar-refractivity contribution in [3.63, 3.8) is 0 Å². The van der Waals surface area contributed by atoms with Gasteiger partial charge in [0.2, 0.25) is 5.91 Å². The van der Waals surface area contributed by atoms with Gasteiger partial charge >= 0.3 is 0 Å². The van der Waals surface area contributed by atoms with Crippen LogP contribution in [0.1, 0.15) is 29.5 Å². The molecule has 0 saturated heterocycles. The quantitative estimate of drug-likeness (QED) is 0.766. The molecule has 2 aromatic carbocycles. The summed E-state index contributed by atoms with van der Waals surface area (Å²) in [5.41, 5.74) is 4.33. The van der Waals surface area contributed by atoms with E-state index in [0.29, 0.717) is 0 Å². The summed E-state index contributed by atoms with van der Waals surface area (Å²) >= 11 is 0. The maximum Gasteiger partial charge on any atom is 0.231 e. The molecule has 0 unspecified atom stereocenters. The van der Waals surface area contributed by atoms with E-state index in [1.807, 2.05) is 73.8 Å². The maximum absolute atomic E-state index is 12.7. The van der Waals surface area contributed by atoms with Crippen molar-refractivity contribution >= 4 is 17.4 Å². The van der Waals surface area contributed by atoms with Crippen molar-refractivity contribution in [2.24, 2.45) is 0 Å². The van der Waals surface area contributed by atoms with Crippen LogP contribution in [0.2, 0.25) is 0 Å². The number of carbonyl (C=O) groups is 1. The Balaban J connectivity index is 1.53. The Hall–Kier alpha value is -3.14. The number of hydrogen-bond acceptors (Lipinski definition) is 3. The number of aromatic nitrogens is 1. The van der Waals surface area contributed by atoms with Crippen molar-refractivity contribution in [1.82, 2.24) is 4.98 Å². The highest BCUT2D eigenvalue weighted by Crippen LogP contribution is 2.32. The maximum atomic E-state index is 12.7. The monoisotopic (exact) mass is 343 g/mol. The number of rotatable bonds is 4. The Morgan fingerprint density at radius 1 is 1.00 bits per heavy atom. The van der Waals surface area contributed by atoms with Crippen molar-refractivity contribution < 1.29 is 4.79 Å². The number of hydrogen-bond donors (Lipinski definition) is 1. The predicted octanol–water partition coefficient (Wildman–Crippen LogP) is 4.34. The highest BCUT2D eigenvalue weighted by Gasteiger charge is 2.24. The van der Waals surface area contributed by atoms with Crippen LogP contribution >= 0.6 is 0 Å². The fraction of sp³-hybridized carbons (Fsp3) is 0.182. The molecule has 0 saturated carbocycles. The second-order valence-electron chi connectivity index (χ2n) is 6.61. The Kier molecular flexibility index (Phi) is 4.40. The van der Waals surface area contributed by atoms with Crippen LogP contribution in [0.25, 0.3) is 0 Å². The average Bonchev–Trinajstić information content (AvgIpc) is 3.14. The minimum Gasteiger partial charge on any atom is -0.348 e. The van der Waals surface area contributed by atoms with Crippen molar-refractivity contribution in [3.8, 4) is 0 Å². The first kappa shape index (κ1) is 16.3. The zero-order valence-corrected chi connectivity index (χ0v) is 14.7. The van der Waals surface area contributed by atoms with Crippen LogP contribution in [0, 0.1) is 0 Å². The molecule has 0 radical (unpaired) electrons. The molecular weight excluding hydrogens is 322 g/mol. The van der Waals surface area contributed by atoms with Crippen molar-refractivity contribution in [1.29, 1.82) is 0 Å². The first-order valence-corrected chi connectivity index (χ1v) is 8.85. The second-order valence-corrected chi connectivity index (χ2v) is 6.61. The lowest BCUT2D eigenvalue weighted by Crippen LogP contribution is -2.20. The van der Waals surface area contributed by atoms with Gasteiger partial charge in [0.15, 0.2) is 0 Å². The first-order valence-electron chi connectivity index (χ1n) is 8.85. The van der Waals surface area contributed by atoms with Gasteiger partial charge < -0.3 is 10.2 Å². The summed E-state index contributed by atoms with van der Waals surface area (Å²) in [4.78, 5) is 19.4. The molecule has 0 spiro atoms. The largest absolute Gasteiger partial charge is 0.348 e. The van der Waals surface area contributed by atoms with Gasteiger partial charge in [-0.25, -0.2) is 4.98 Å². The molecule has 4 rings (SSSR count). The normalized spacial score (nSPS) is 14.0. The van der Waals surface area contributed by atoms with E-state index in [4.69, 9.17) is 0 Å².